The molecule has 1 aromatic carbocycles. The first-order valence-corrected chi connectivity index (χ1v) is 9.89. The second-order valence-corrected chi connectivity index (χ2v) is 7.91. The maximum absolute atomic E-state index is 13.0. The minimum absolute atomic E-state index is 0.0867. The van der Waals surface area contributed by atoms with Gasteiger partial charge >= 0.3 is 5.97 Å². The fourth-order valence-electron chi connectivity index (χ4n) is 3.67. The minimum atomic E-state index is -1.18. The van der Waals surface area contributed by atoms with E-state index in [9.17, 15) is 14.7 Å². The largest absolute Gasteiger partial charge is 0.476 e. The van der Waals surface area contributed by atoms with Crippen molar-refractivity contribution < 1.29 is 14.6 Å². The fraction of sp³-hybridized carbons (Fsp3) is 0.333. The van der Waals surface area contributed by atoms with Gasteiger partial charge in [0.2, 0.25) is 0 Å². The van der Waals surface area contributed by atoms with Gasteiger partial charge < -0.3 is 15.2 Å². The van der Waals surface area contributed by atoms with Crippen LogP contribution in [0, 0.1) is 6.92 Å². The van der Waals surface area contributed by atoms with Gasteiger partial charge in [-0.05, 0) is 37.6 Å². The number of carboxylic acids is 1. The number of nitrogens with zero attached hydrogens (tertiary/aromatic N) is 3. The molecule has 0 amide bonds. The second-order valence-electron chi connectivity index (χ2n) is 7.52. The molecule has 3 aromatic rings. The highest BCUT2D eigenvalue weighted by atomic mass is 35.5. The number of hydrogen-bond acceptors (Lipinski definition) is 6. The standard InChI is InChI=1S/C21H21ClN4O4/c1-10-6-13(11(2)23-15-4-5-16(22)24-18(15)21(28)29)17-14(7-10)20(27)26(3)19(25-17)12-8-30-9-12/h4-7,11-12,23H,8-9H2,1-3H3,(H,28,29)/t11-/m1/s1. The summed E-state index contributed by atoms with van der Waals surface area (Å²) in [7, 11) is 1.73. The van der Waals surface area contributed by atoms with Gasteiger partial charge in [-0.25, -0.2) is 14.8 Å². The molecule has 0 radical (unpaired) electrons. The van der Waals surface area contributed by atoms with Crippen molar-refractivity contribution in [1.82, 2.24) is 14.5 Å². The number of aromatic carboxylic acids is 1. The third-order valence-electron chi connectivity index (χ3n) is 5.29. The summed E-state index contributed by atoms with van der Waals surface area (Å²) in [5.74, 6) is -0.403. The highest BCUT2D eigenvalue weighted by Crippen LogP contribution is 2.30. The van der Waals surface area contributed by atoms with Crippen LogP contribution < -0.4 is 10.9 Å². The van der Waals surface area contributed by atoms with Crippen molar-refractivity contribution in [2.45, 2.75) is 25.8 Å². The number of carbonyl (C=O) groups is 1. The van der Waals surface area contributed by atoms with Crippen LogP contribution >= 0.6 is 11.6 Å². The lowest BCUT2D eigenvalue weighted by Crippen LogP contribution is -2.33. The molecular weight excluding hydrogens is 408 g/mol. The number of rotatable bonds is 5. The highest BCUT2D eigenvalue weighted by Gasteiger charge is 2.27. The summed E-state index contributed by atoms with van der Waals surface area (Å²) < 4.78 is 6.86. The predicted molar refractivity (Wildman–Crippen MR) is 114 cm³/mol. The van der Waals surface area contributed by atoms with E-state index in [1.807, 2.05) is 26.0 Å². The Kier molecular flexibility index (Phi) is 5.21. The van der Waals surface area contributed by atoms with Gasteiger partial charge in [0.25, 0.3) is 5.56 Å². The van der Waals surface area contributed by atoms with Crippen LogP contribution in [0.15, 0.2) is 29.1 Å². The van der Waals surface area contributed by atoms with Gasteiger partial charge in [0.1, 0.15) is 11.0 Å². The number of anilines is 1. The average Bonchev–Trinajstić information content (AvgIpc) is 2.65. The van der Waals surface area contributed by atoms with E-state index in [1.54, 1.807) is 17.7 Å². The van der Waals surface area contributed by atoms with Crippen LogP contribution in [-0.2, 0) is 11.8 Å². The molecule has 1 aliphatic rings. The van der Waals surface area contributed by atoms with Crippen LogP contribution in [-0.4, -0.2) is 38.8 Å². The fourth-order valence-corrected chi connectivity index (χ4v) is 3.82. The molecule has 1 atom stereocenters. The van der Waals surface area contributed by atoms with E-state index in [1.165, 1.54) is 6.07 Å². The first-order chi connectivity index (χ1) is 14.3. The zero-order valence-electron chi connectivity index (χ0n) is 16.8. The molecule has 0 unspecified atom stereocenters. The molecule has 0 spiro atoms. The molecule has 1 fully saturated rings. The van der Waals surface area contributed by atoms with Crippen LogP contribution in [0.5, 0.6) is 0 Å². The van der Waals surface area contributed by atoms with E-state index in [-0.39, 0.29) is 28.4 Å². The molecule has 3 heterocycles. The number of pyridine rings is 1. The molecular formula is C21H21ClN4O4. The number of hydrogen-bond donors (Lipinski definition) is 2. The van der Waals surface area contributed by atoms with E-state index < -0.39 is 5.97 Å². The lowest BCUT2D eigenvalue weighted by Gasteiger charge is -2.27. The summed E-state index contributed by atoms with van der Waals surface area (Å²) in [5, 5.41) is 13.3. The Hall–Kier alpha value is -2.97. The molecule has 30 heavy (non-hydrogen) atoms. The Bertz CT molecular complexity index is 1220. The van der Waals surface area contributed by atoms with Crippen molar-refractivity contribution in [3.8, 4) is 0 Å². The quantitative estimate of drug-likeness (QED) is 0.600. The van der Waals surface area contributed by atoms with E-state index in [0.29, 0.717) is 35.6 Å². The van der Waals surface area contributed by atoms with Gasteiger partial charge in [0.05, 0.1) is 41.8 Å². The Balaban J connectivity index is 1.83. The zero-order chi connectivity index (χ0) is 21.6. The number of benzene rings is 1. The van der Waals surface area contributed by atoms with Crippen molar-refractivity contribution in [3.05, 3.63) is 62.4 Å². The van der Waals surface area contributed by atoms with E-state index in [0.717, 1.165) is 11.1 Å². The van der Waals surface area contributed by atoms with Gasteiger partial charge in [-0.3, -0.25) is 9.36 Å². The third kappa shape index (κ3) is 3.53. The monoisotopic (exact) mass is 428 g/mol. The Morgan fingerprint density at radius 2 is 2.07 bits per heavy atom. The van der Waals surface area contributed by atoms with Crippen molar-refractivity contribution in [1.29, 1.82) is 0 Å². The number of aryl methyl sites for hydroxylation is 1. The molecule has 156 valence electrons. The molecule has 1 aliphatic heterocycles. The van der Waals surface area contributed by atoms with Crippen LogP contribution in [0.4, 0.5) is 5.69 Å². The minimum Gasteiger partial charge on any atom is -0.476 e. The van der Waals surface area contributed by atoms with E-state index >= 15 is 0 Å². The van der Waals surface area contributed by atoms with Gasteiger partial charge in [-0.1, -0.05) is 17.7 Å². The smallest absolute Gasteiger partial charge is 0.356 e. The normalized spacial score (nSPS) is 15.1. The molecule has 0 aliphatic carbocycles. The molecule has 1 saturated heterocycles. The first-order valence-electron chi connectivity index (χ1n) is 9.51. The number of ether oxygens (including phenoxy) is 1. The van der Waals surface area contributed by atoms with Crippen LogP contribution in [0.1, 0.15) is 46.3 Å². The second kappa shape index (κ2) is 7.70. The van der Waals surface area contributed by atoms with Crippen molar-refractivity contribution in [2.24, 2.45) is 7.05 Å². The van der Waals surface area contributed by atoms with E-state index in [4.69, 9.17) is 21.3 Å². The van der Waals surface area contributed by atoms with Gasteiger partial charge in [0.15, 0.2) is 5.69 Å². The summed E-state index contributed by atoms with van der Waals surface area (Å²) in [6.45, 7) is 4.88. The number of nitrogens with one attached hydrogen (secondary N) is 1. The predicted octanol–water partition coefficient (Wildman–Crippen LogP) is 3.28. The topological polar surface area (TPSA) is 106 Å². The first kappa shape index (κ1) is 20.3. The Morgan fingerprint density at radius 3 is 2.70 bits per heavy atom. The molecule has 0 saturated carbocycles. The number of fused-ring (bicyclic) bond motifs is 1. The van der Waals surface area contributed by atoms with Crippen molar-refractivity contribution >= 4 is 34.2 Å². The number of aromatic nitrogens is 3. The van der Waals surface area contributed by atoms with Crippen molar-refractivity contribution in [2.75, 3.05) is 18.5 Å². The highest BCUT2D eigenvalue weighted by molar-refractivity contribution is 6.29. The molecule has 2 N–H and O–H groups in total. The van der Waals surface area contributed by atoms with E-state index in [2.05, 4.69) is 10.3 Å². The Labute approximate surface area is 177 Å². The molecule has 2 aromatic heterocycles. The molecule has 9 heteroatoms. The zero-order valence-corrected chi connectivity index (χ0v) is 17.5. The van der Waals surface area contributed by atoms with Crippen LogP contribution in [0.3, 0.4) is 0 Å². The Morgan fingerprint density at radius 1 is 1.33 bits per heavy atom. The maximum Gasteiger partial charge on any atom is 0.356 e. The lowest BCUT2D eigenvalue weighted by atomic mass is 9.99. The summed E-state index contributed by atoms with van der Waals surface area (Å²) in [6, 6.07) is 6.56. The van der Waals surface area contributed by atoms with Gasteiger partial charge in [0, 0.05) is 12.6 Å². The average molecular weight is 429 g/mol. The summed E-state index contributed by atoms with van der Waals surface area (Å²) in [5.41, 5.74) is 2.38. The molecule has 4 rings (SSSR count). The molecule has 8 nitrogen and oxygen atoms in total. The lowest BCUT2D eigenvalue weighted by molar-refractivity contribution is 0.00340. The molecule has 0 bridgehead atoms. The van der Waals surface area contributed by atoms with Crippen LogP contribution in [0.2, 0.25) is 5.15 Å². The summed E-state index contributed by atoms with van der Waals surface area (Å²) in [6.07, 6.45) is 0. The summed E-state index contributed by atoms with van der Waals surface area (Å²) >= 11 is 5.85. The summed E-state index contributed by atoms with van der Waals surface area (Å²) in [4.78, 5) is 33.3. The van der Waals surface area contributed by atoms with Gasteiger partial charge in [-0.15, -0.1) is 0 Å². The number of halogens is 1. The van der Waals surface area contributed by atoms with Crippen molar-refractivity contribution in [3.63, 3.8) is 0 Å². The maximum atomic E-state index is 13.0. The number of carboxylic acid groups (broad SMARTS) is 1. The van der Waals surface area contributed by atoms with Gasteiger partial charge in [-0.2, -0.15) is 0 Å². The van der Waals surface area contributed by atoms with Crippen LogP contribution in [0.25, 0.3) is 10.9 Å². The SMILES string of the molecule is Cc1cc([C@@H](C)Nc2ccc(Cl)nc2C(=O)O)c2nc(C3COC3)n(C)c(=O)c2c1. The third-order valence-corrected chi connectivity index (χ3v) is 5.50.